The van der Waals surface area contributed by atoms with E-state index in [0.29, 0.717) is 12.0 Å². The van der Waals surface area contributed by atoms with Crippen LogP contribution in [-0.4, -0.2) is 37.7 Å². The Balaban J connectivity index is 1.84. The molecule has 0 saturated carbocycles. The number of furan rings is 1. The van der Waals surface area contributed by atoms with E-state index in [1.807, 2.05) is 0 Å². The Kier molecular flexibility index (Phi) is 5.43. The lowest BCUT2D eigenvalue weighted by atomic mass is 10.1. The molecule has 0 spiro atoms. The Morgan fingerprint density at radius 2 is 2.32 bits per heavy atom. The summed E-state index contributed by atoms with van der Waals surface area (Å²) in [5, 5.41) is 3.43. The van der Waals surface area contributed by atoms with Crippen molar-refractivity contribution in [3.63, 3.8) is 0 Å². The molecule has 1 aliphatic rings. The van der Waals surface area contributed by atoms with Crippen LogP contribution in [0.15, 0.2) is 16.7 Å². The second-order valence-corrected chi connectivity index (χ2v) is 5.83. The van der Waals surface area contributed by atoms with E-state index >= 15 is 0 Å². The monoisotopic (exact) mass is 266 g/mol. The molecule has 1 saturated heterocycles. The van der Waals surface area contributed by atoms with Crippen molar-refractivity contribution in [3.05, 3.63) is 23.7 Å². The lowest BCUT2D eigenvalue weighted by Gasteiger charge is -2.22. The molecule has 0 amide bonds. The average molecular weight is 266 g/mol. The van der Waals surface area contributed by atoms with Crippen molar-refractivity contribution in [1.29, 1.82) is 0 Å². The van der Waals surface area contributed by atoms with Gasteiger partial charge in [0.25, 0.3) is 0 Å². The van der Waals surface area contributed by atoms with Gasteiger partial charge in [-0.15, -0.1) is 0 Å². The van der Waals surface area contributed by atoms with Crippen molar-refractivity contribution in [2.24, 2.45) is 5.92 Å². The minimum Gasteiger partial charge on any atom is -0.468 e. The van der Waals surface area contributed by atoms with E-state index < -0.39 is 0 Å². The molecule has 2 heterocycles. The van der Waals surface area contributed by atoms with E-state index in [-0.39, 0.29) is 0 Å². The molecule has 0 bridgehead atoms. The van der Waals surface area contributed by atoms with Gasteiger partial charge in [-0.25, -0.2) is 0 Å². The summed E-state index contributed by atoms with van der Waals surface area (Å²) in [7, 11) is 2.16. The van der Waals surface area contributed by atoms with E-state index in [4.69, 9.17) is 9.15 Å². The fraction of sp³-hybridized carbons (Fsp3) is 0.733. The first kappa shape index (κ1) is 14.6. The first-order chi connectivity index (χ1) is 9.16. The zero-order valence-corrected chi connectivity index (χ0v) is 12.3. The van der Waals surface area contributed by atoms with Crippen molar-refractivity contribution >= 4 is 0 Å². The quantitative estimate of drug-likeness (QED) is 0.821. The third-order valence-electron chi connectivity index (χ3n) is 3.62. The number of likely N-dealkylation sites (N-methyl/N-ethyl adjacent to an activating group) is 1. The van der Waals surface area contributed by atoms with Gasteiger partial charge in [-0.3, -0.25) is 4.90 Å². The molecule has 2 rings (SSSR count). The molecule has 108 valence electrons. The number of hydrogen-bond acceptors (Lipinski definition) is 4. The van der Waals surface area contributed by atoms with Gasteiger partial charge < -0.3 is 14.5 Å². The predicted molar refractivity (Wildman–Crippen MR) is 75.9 cm³/mol. The van der Waals surface area contributed by atoms with Crippen LogP contribution in [-0.2, 0) is 17.8 Å². The van der Waals surface area contributed by atoms with E-state index in [0.717, 1.165) is 45.0 Å². The molecule has 0 aromatic carbocycles. The van der Waals surface area contributed by atoms with Gasteiger partial charge in [-0.2, -0.15) is 0 Å². The molecule has 0 radical (unpaired) electrons. The topological polar surface area (TPSA) is 37.6 Å². The molecule has 1 fully saturated rings. The van der Waals surface area contributed by atoms with Gasteiger partial charge in [0, 0.05) is 24.8 Å². The van der Waals surface area contributed by atoms with Crippen LogP contribution in [0.4, 0.5) is 0 Å². The Bertz CT molecular complexity index is 370. The first-order valence-electron chi connectivity index (χ1n) is 7.20. The maximum Gasteiger partial charge on any atom is 0.122 e. The highest BCUT2D eigenvalue weighted by Gasteiger charge is 2.21. The molecule has 1 aromatic heterocycles. The van der Waals surface area contributed by atoms with Gasteiger partial charge in [0.05, 0.1) is 19.4 Å². The molecular weight excluding hydrogens is 240 g/mol. The smallest absolute Gasteiger partial charge is 0.122 e. The molecular formula is C15H26N2O2. The minimum atomic E-state index is 0.548. The molecule has 19 heavy (non-hydrogen) atoms. The highest BCUT2D eigenvalue weighted by molar-refractivity contribution is 5.17. The molecule has 4 heteroatoms. The summed E-state index contributed by atoms with van der Waals surface area (Å²) in [6.45, 7) is 8.94. The standard InChI is InChI=1S/C15H26N2O2/c1-12(2)8-16-9-15-13(4-7-19-15)10-17(3)14-5-6-18-11-14/h4,7,12,14,16H,5-6,8-11H2,1-3H3. The maximum absolute atomic E-state index is 5.59. The van der Waals surface area contributed by atoms with Crippen LogP contribution in [0, 0.1) is 5.92 Å². The zero-order valence-electron chi connectivity index (χ0n) is 12.3. The number of hydrogen-bond donors (Lipinski definition) is 1. The van der Waals surface area contributed by atoms with E-state index in [9.17, 15) is 0 Å². The highest BCUT2D eigenvalue weighted by atomic mass is 16.5. The molecule has 1 unspecified atom stereocenters. The predicted octanol–water partition coefficient (Wildman–Crippen LogP) is 2.25. The largest absolute Gasteiger partial charge is 0.468 e. The Morgan fingerprint density at radius 3 is 3.00 bits per heavy atom. The van der Waals surface area contributed by atoms with Gasteiger partial charge in [0.15, 0.2) is 0 Å². The van der Waals surface area contributed by atoms with E-state index in [2.05, 4.69) is 37.2 Å². The van der Waals surface area contributed by atoms with Crippen LogP contribution in [0.25, 0.3) is 0 Å². The molecule has 0 aliphatic carbocycles. The van der Waals surface area contributed by atoms with Crippen molar-refractivity contribution in [1.82, 2.24) is 10.2 Å². The van der Waals surface area contributed by atoms with Gasteiger partial charge in [0.1, 0.15) is 5.76 Å². The number of nitrogens with zero attached hydrogens (tertiary/aromatic N) is 1. The van der Waals surface area contributed by atoms with E-state index in [1.54, 1.807) is 6.26 Å². The second-order valence-electron chi connectivity index (χ2n) is 5.83. The van der Waals surface area contributed by atoms with Crippen LogP contribution >= 0.6 is 0 Å². The van der Waals surface area contributed by atoms with Gasteiger partial charge >= 0.3 is 0 Å². The maximum atomic E-state index is 5.59. The van der Waals surface area contributed by atoms with Crippen molar-refractivity contribution in [2.45, 2.75) is 39.4 Å². The van der Waals surface area contributed by atoms with Gasteiger partial charge in [-0.1, -0.05) is 13.8 Å². The number of nitrogens with one attached hydrogen (secondary N) is 1. The fourth-order valence-electron chi connectivity index (χ4n) is 2.40. The lowest BCUT2D eigenvalue weighted by molar-refractivity contribution is 0.156. The summed E-state index contributed by atoms with van der Waals surface area (Å²) in [4.78, 5) is 2.36. The summed E-state index contributed by atoms with van der Waals surface area (Å²) in [6.07, 6.45) is 2.93. The Hall–Kier alpha value is -0.840. The molecule has 1 atom stereocenters. The number of ether oxygens (including phenoxy) is 1. The average Bonchev–Trinajstić information content (AvgIpc) is 3.00. The zero-order chi connectivity index (χ0) is 13.7. The van der Waals surface area contributed by atoms with Crippen molar-refractivity contribution in [3.8, 4) is 0 Å². The van der Waals surface area contributed by atoms with Crippen LogP contribution < -0.4 is 5.32 Å². The summed E-state index contributed by atoms with van der Waals surface area (Å²) in [5.74, 6) is 1.73. The highest BCUT2D eigenvalue weighted by Crippen LogP contribution is 2.17. The fourth-order valence-corrected chi connectivity index (χ4v) is 2.40. The molecule has 1 aliphatic heterocycles. The summed E-state index contributed by atoms with van der Waals surface area (Å²) >= 11 is 0. The van der Waals surface area contributed by atoms with Crippen LogP contribution in [0.5, 0.6) is 0 Å². The summed E-state index contributed by atoms with van der Waals surface area (Å²) < 4.78 is 11.0. The minimum absolute atomic E-state index is 0.548. The Morgan fingerprint density at radius 1 is 1.47 bits per heavy atom. The molecule has 1 N–H and O–H groups in total. The van der Waals surface area contributed by atoms with Crippen LogP contribution in [0.3, 0.4) is 0 Å². The number of rotatable bonds is 7. The van der Waals surface area contributed by atoms with Gasteiger partial charge in [0.2, 0.25) is 0 Å². The summed E-state index contributed by atoms with van der Waals surface area (Å²) in [5.41, 5.74) is 1.28. The lowest BCUT2D eigenvalue weighted by Crippen LogP contribution is -2.31. The Labute approximate surface area is 116 Å². The van der Waals surface area contributed by atoms with Crippen molar-refractivity contribution in [2.75, 3.05) is 26.8 Å². The van der Waals surface area contributed by atoms with E-state index in [1.165, 1.54) is 5.56 Å². The van der Waals surface area contributed by atoms with Crippen LogP contribution in [0.1, 0.15) is 31.6 Å². The molecule has 1 aromatic rings. The first-order valence-corrected chi connectivity index (χ1v) is 7.20. The third-order valence-corrected chi connectivity index (χ3v) is 3.62. The third kappa shape index (κ3) is 4.34. The second kappa shape index (κ2) is 7.08. The van der Waals surface area contributed by atoms with Crippen molar-refractivity contribution < 1.29 is 9.15 Å². The SMILES string of the molecule is CC(C)CNCc1occc1CN(C)C1CCOC1. The summed E-state index contributed by atoms with van der Waals surface area (Å²) in [6, 6.07) is 2.63. The van der Waals surface area contributed by atoms with Gasteiger partial charge in [-0.05, 0) is 32.0 Å². The van der Waals surface area contributed by atoms with Crippen LogP contribution in [0.2, 0.25) is 0 Å². The molecule has 4 nitrogen and oxygen atoms in total. The normalized spacial score (nSPS) is 19.7.